The molecule has 0 radical (unpaired) electrons. The van der Waals surface area contributed by atoms with Gasteiger partial charge in [-0.2, -0.15) is 0 Å². The van der Waals surface area contributed by atoms with Crippen LogP contribution in [-0.2, 0) is 22.6 Å². The second-order valence-electron chi connectivity index (χ2n) is 6.08. The van der Waals surface area contributed by atoms with E-state index in [4.69, 9.17) is 9.47 Å². The molecule has 0 spiro atoms. The molecular formula is C18H31IN4O2. The molecule has 0 aromatic heterocycles. The zero-order valence-electron chi connectivity index (χ0n) is 15.5. The lowest BCUT2D eigenvalue weighted by molar-refractivity contribution is 0.0341. The number of benzene rings is 1. The smallest absolute Gasteiger partial charge is 0.191 e. The standard InChI is InChI=1S/C18H30N4O2.HI/c1-15(14-23-3)21-18(19-2)20-12-16-6-4-5-7-17(16)13-22-8-10-24-11-9-22;/h4-7,15H,8-14H2,1-3H3,(H2,19,20,21);1H. The Morgan fingerprint density at radius 3 is 2.60 bits per heavy atom. The van der Waals surface area contributed by atoms with Crippen LogP contribution in [0.2, 0.25) is 0 Å². The van der Waals surface area contributed by atoms with Crippen molar-refractivity contribution < 1.29 is 9.47 Å². The molecule has 2 N–H and O–H groups in total. The highest BCUT2D eigenvalue weighted by molar-refractivity contribution is 14.0. The first-order valence-corrected chi connectivity index (χ1v) is 8.56. The van der Waals surface area contributed by atoms with Gasteiger partial charge in [-0.25, -0.2) is 0 Å². The molecular weight excluding hydrogens is 431 g/mol. The molecule has 1 aromatic carbocycles. The first kappa shape index (κ1) is 22.1. The molecule has 1 saturated heterocycles. The molecule has 6 nitrogen and oxygen atoms in total. The van der Waals surface area contributed by atoms with Crippen LogP contribution in [0.15, 0.2) is 29.3 Å². The van der Waals surface area contributed by atoms with E-state index >= 15 is 0 Å². The van der Waals surface area contributed by atoms with Crippen molar-refractivity contribution in [2.45, 2.75) is 26.1 Å². The van der Waals surface area contributed by atoms with Gasteiger partial charge in [0.1, 0.15) is 0 Å². The molecule has 0 amide bonds. The lowest BCUT2D eigenvalue weighted by Gasteiger charge is -2.27. The topological polar surface area (TPSA) is 58.1 Å². The van der Waals surface area contributed by atoms with Crippen LogP contribution in [-0.4, -0.2) is 64.0 Å². The fourth-order valence-corrected chi connectivity index (χ4v) is 2.78. The van der Waals surface area contributed by atoms with Gasteiger partial charge in [-0.05, 0) is 18.1 Å². The van der Waals surface area contributed by atoms with Crippen molar-refractivity contribution in [3.8, 4) is 0 Å². The SMILES string of the molecule is CN=C(NCc1ccccc1CN1CCOCC1)NC(C)COC.I. The fraction of sp³-hybridized carbons (Fsp3) is 0.611. The van der Waals surface area contributed by atoms with E-state index in [9.17, 15) is 0 Å². The quantitative estimate of drug-likeness (QED) is 0.368. The number of nitrogens with zero attached hydrogens (tertiary/aromatic N) is 2. The van der Waals surface area contributed by atoms with Gasteiger partial charge in [-0.15, -0.1) is 24.0 Å². The van der Waals surface area contributed by atoms with Gasteiger partial charge in [0, 0.05) is 46.4 Å². The summed E-state index contributed by atoms with van der Waals surface area (Å²) >= 11 is 0. The minimum absolute atomic E-state index is 0. The van der Waals surface area contributed by atoms with Gasteiger partial charge in [0.25, 0.3) is 0 Å². The van der Waals surface area contributed by atoms with Gasteiger partial charge >= 0.3 is 0 Å². The second-order valence-corrected chi connectivity index (χ2v) is 6.08. The van der Waals surface area contributed by atoms with E-state index in [1.807, 2.05) is 0 Å². The molecule has 0 bridgehead atoms. The molecule has 2 rings (SSSR count). The zero-order valence-corrected chi connectivity index (χ0v) is 17.8. The van der Waals surface area contributed by atoms with Crippen LogP contribution in [0.25, 0.3) is 0 Å². The lowest BCUT2D eigenvalue weighted by atomic mass is 10.1. The molecule has 1 unspecified atom stereocenters. The number of nitrogens with one attached hydrogen (secondary N) is 2. The highest BCUT2D eigenvalue weighted by atomic mass is 127. The Morgan fingerprint density at radius 1 is 1.28 bits per heavy atom. The monoisotopic (exact) mass is 462 g/mol. The lowest BCUT2D eigenvalue weighted by Crippen LogP contribution is -2.43. The van der Waals surface area contributed by atoms with Crippen LogP contribution in [0.3, 0.4) is 0 Å². The number of hydrogen-bond donors (Lipinski definition) is 2. The number of ether oxygens (including phenoxy) is 2. The maximum absolute atomic E-state index is 5.43. The number of morpholine rings is 1. The Bertz CT molecular complexity index is 522. The molecule has 1 heterocycles. The van der Waals surface area contributed by atoms with Crippen molar-refractivity contribution >= 4 is 29.9 Å². The van der Waals surface area contributed by atoms with Crippen molar-refractivity contribution in [2.24, 2.45) is 4.99 Å². The zero-order chi connectivity index (χ0) is 17.2. The van der Waals surface area contributed by atoms with Crippen molar-refractivity contribution in [1.82, 2.24) is 15.5 Å². The molecule has 1 fully saturated rings. The number of halogens is 1. The number of guanidine groups is 1. The molecule has 142 valence electrons. The predicted molar refractivity (Wildman–Crippen MR) is 113 cm³/mol. The Hall–Kier alpha value is -0.900. The summed E-state index contributed by atoms with van der Waals surface area (Å²) in [7, 11) is 3.49. The largest absolute Gasteiger partial charge is 0.383 e. The van der Waals surface area contributed by atoms with Crippen LogP contribution in [0.4, 0.5) is 0 Å². The molecule has 1 aliphatic heterocycles. The Labute approximate surface area is 168 Å². The van der Waals surface area contributed by atoms with Gasteiger partial charge in [0.05, 0.1) is 19.8 Å². The second kappa shape index (κ2) is 12.5. The normalized spacial score (nSPS) is 16.8. The Morgan fingerprint density at radius 2 is 1.96 bits per heavy atom. The third kappa shape index (κ3) is 7.89. The van der Waals surface area contributed by atoms with Crippen LogP contribution in [0.1, 0.15) is 18.1 Å². The average molecular weight is 462 g/mol. The van der Waals surface area contributed by atoms with Gasteiger partial charge in [-0.1, -0.05) is 24.3 Å². The Kier molecular flexibility index (Phi) is 11.0. The number of aliphatic imine (C=N–C) groups is 1. The highest BCUT2D eigenvalue weighted by Crippen LogP contribution is 2.13. The minimum Gasteiger partial charge on any atom is -0.383 e. The molecule has 1 atom stereocenters. The molecule has 25 heavy (non-hydrogen) atoms. The first-order chi connectivity index (χ1) is 11.7. The van der Waals surface area contributed by atoms with Crippen molar-refractivity contribution in [3.05, 3.63) is 35.4 Å². The van der Waals surface area contributed by atoms with E-state index < -0.39 is 0 Å². The van der Waals surface area contributed by atoms with Crippen LogP contribution < -0.4 is 10.6 Å². The average Bonchev–Trinajstić information content (AvgIpc) is 2.61. The van der Waals surface area contributed by atoms with E-state index in [-0.39, 0.29) is 30.0 Å². The van der Waals surface area contributed by atoms with E-state index in [0.717, 1.165) is 45.4 Å². The van der Waals surface area contributed by atoms with E-state index in [2.05, 4.69) is 51.7 Å². The maximum atomic E-state index is 5.43. The summed E-state index contributed by atoms with van der Waals surface area (Å²) in [6.07, 6.45) is 0. The van der Waals surface area contributed by atoms with E-state index in [1.54, 1.807) is 14.2 Å². The van der Waals surface area contributed by atoms with Crippen LogP contribution >= 0.6 is 24.0 Å². The molecule has 1 aromatic rings. The molecule has 1 aliphatic rings. The van der Waals surface area contributed by atoms with E-state index in [0.29, 0.717) is 6.61 Å². The maximum Gasteiger partial charge on any atom is 0.191 e. The number of methoxy groups -OCH3 is 1. The summed E-state index contributed by atoms with van der Waals surface area (Å²) in [5.41, 5.74) is 2.65. The van der Waals surface area contributed by atoms with Crippen molar-refractivity contribution in [2.75, 3.05) is 47.1 Å². The summed E-state index contributed by atoms with van der Waals surface area (Å²) < 4.78 is 10.6. The van der Waals surface area contributed by atoms with E-state index in [1.165, 1.54) is 11.1 Å². The number of hydrogen-bond acceptors (Lipinski definition) is 4. The summed E-state index contributed by atoms with van der Waals surface area (Å²) in [4.78, 5) is 6.72. The Balaban J connectivity index is 0.00000312. The third-order valence-corrected chi connectivity index (χ3v) is 4.09. The third-order valence-electron chi connectivity index (χ3n) is 4.09. The summed E-state index contributed by atoms with van der Waals surface area (Å²) in [5, 5.41) is 6.72. The van der Waals surface area contributed by atoms with Crippen LogP contribution in [0, 0.1) is 0 Å². The molecule has 7 heteroatoms. The fourth-order valence-electron chi connectivity index (χ4n) is 2.78. The van der Waals surface area contributed by atoms with Gasteiger partial charge < -0.3 is 20.1 Å². The van der Waals surface area contributed by atoms with Crippen molar-refractivity contribution in [3.63, 3.8) is 0 Å². The van der Waals surface area contributed by atoms with Gasteiger partial charge in [0.15, 0.2) is 5.96 Å². The van der Waals surface area contributed by atoms with Gasteiger partial charge in [0.2, 0.25) is 0 Å². The number of rotatable bonds is 7. The predicted octanol–water partition coefficient (Wildman–Crippen LogP) is 1.84. The van der Waals surface area contributed by atoms with Crippen molar-refractivity contribution in [1.29, 1.82) is 0 Å². The molecule has 0 saturated carbocycles. The molecule has 0 aliphatic carbocycles. The van der Waals surface area contributed by atoms with Gasteiger partial charge in [-0.3, -0.25) is 9.89 Å². The summed E-state index contributed by atoms with van der Waals surface area (Å²) in [6, 6.07) is 8.78. The summed E-state index contributed by atoms with van der Waals surface area (Å²) in [5.74, 6) is 0.792. The van der Waals surface area contributed by atoms with Crippen LogP contribution in [0.5, 0.6) is 0 Å². The summed E-state index contributed by atoms with van der Waals surface area (Å²) in [6.45, 7) is 8.09. The minimum atomic E-state index is 0. The highest BCUT2D eigenvalue weighted by Gasteiger charge is 2.13. The first-order valence-electron chi connectivity index (χ1n) is 8.56.